The van der Waals surface area contributed by atoms with Gasteiger partial charge in [-0.2, -0.15) is 4.98 Å². The normalized spacial score (nSPS) is 13.5. The Labute approximate surface area is 178 Å². The third-order valence-electron chi connectivity index (χ3n) is 5.69. The van der Waals surface area contributed by atoms with Crippen molar-refractivity contribution in [1.82, 2.24) is 14.7 Å². The minimum absolute atomic E-state index is 0.0682. The largest absolute Gasteiger partial charge is 0.334 e. The lowest BCUT2D eigenvalue weighted by Crippen LogP contribution is -2.34. The molecule has 0 radical (unpaired) electrons. The number of benzene rings is 2. The molecule has 156 valence electrons. The quantitative estimate of drug-likeness (QED) is 0.495. The van der Waals surface area contributed by atoms with E-state index >= 15 is 0 Å². The lowest BCUT2D eigenvalue weighted by molar-refractivity contribution is -0.118. The van der Waals surface area contributed by atoms with E-state index in [9.17, 15) is 9.59 Å². The SMILES string of the molecule is Cc1cccc(N(C)C(=O)Cn2c(=O)cc(-c3nc(C4CC4)no3)c3ccccc32)c1. The van der Waals surface area contributed by atoms with Crippen LogP contribution >= 0.6 is 0 Å². The number of carbonyl (C=O) groups is 1. The number of rotatable bonds is 5. The molecule has 4 aromatic rings. The van der Waals surface area contributed by atoms with Gasteiger partial charge >= 0.3 is 0 Å². The van der Waals surface area contributed by atoms with E-state index in [-0.39, 0.29) is 18.0 Å². The van der Waals surface area contributed by atoms with Gasteiger partial charge in [0.15, 0.2) is 5.82 Å². The van der Waals surface area contributed by atoms with E-state index < -0.39 is 0 Å². The van der Waals surface area contributed by atoms with Crippen molar-refractivity contribution in [1.29, 1.82) is 0 Å². The first-order valence-corrected chi connectivity index (χ1v) is 10.3. The van der Waals surface area contributed by atoms with Gasteiger partial charge in [-0.1, -0.05) is 35.5 Å². The van der Waals surface area contributed by atoms with Crippen molar-refractivity contribution < 1.29 is 9.32 Å². The van der Waals surface area contributed by atoms with Crippen molar-refractivity contribution in [3.63, 3.8) is 0 Å². The zero-order chi connectivity index (χ0) is 21.5. The second-order valence-corrected chi connectivity index (χ2v) is 8.02. The number of para-hydroxylation sites is 1. The molecule has 0 aliphatic heterocycles. The summed E-state index contributed by atoms with van der Waals surface area (Å²) < 4.78 is 6.95. The summed E-state index contributed by atoms with van der Waals surface area (Å²) >= 11 is 0. The van der Waals surface area contributed by atoms with Crippen LogP contribution < -0.4 is 10.5 Å². The number of pyridine rings is 1. The van der Waals surface area contributed by atoms with Crippen LogP contribution in [0.15, 0.2) is 63.9 Å². The standard InChI is InChI=1S/C24H22N4O3/c1-15-6-5-7-17(12-15)27(2)22(30)14-28-20-9-4-3-8-18(20)19(13-21(28)29)24-25-23(26-31-24)16-10-11-16/h3-9,12-13,16H,10-11,14H2,1-2H3. The first-order valence-electron chi connectivity index (χ1n) is 10.3. The van der Waals surface area contributed by atoms with Crippen LogP contribution in [0.25, 0.3) is 22.4 Å². The van der Waals surface area contributed by atoms with E-state index in [0.29, 0.717) is 28.7 Å². The van der Waals surface area contributed by atoms with Gasteiger partial charge in [0.1, 0.15) is 6.54 Å². The zero-order valence-electron chi connectivity index (χ0n) is 17.4. The van der Waals surface area contributed by atoms with Crippen LogP contribution in [0.5, 0.6) is 0 Å². The lowest BCUT2D eigenvalue weighted by atomic mass is 10.1. The van der Waals surface area contributed by atoms with Gasteiger partial charge in [-0.3, -0.25) is 14.2 Å². The number of aromatic nitrogens is 3. The van der Waals surface area contributed by atoms with Crippen molar-refractivity contribution >= 4 is 22.5 Å². The predicted octanol–water partition coefficient (Wildman–Crippen LogP) is 3.90. The maximum absolute atomic E-state index is 13.0. The first-order chi connectivity index (χ1) is 15.0. The van der Waals surface area contributed by atoms with Gasteiger partial charge in [-0.05, 0) is 43.5 Å². The van der Waals surface area contributed by atoms with Gasteiger partial charge in [0, 0.05) is 30.1 Å². The van der Waals surface area contributed by atoms with Crippen molar-refractivity contribution in [3.05, 3.63) is 76.3 Å². The Bertz CT molecular complexity index is 1350. The number of carbonyl (C=O) groups excluding carboxylic acids is 1. The number of hydrogen-bond donors (Lipinski definition) is 0. The maximum Gasteiger partial charge on any atom is 0.258 e. The van der Waals surface area contributed by atoms with Crippen molar-refractivity contribution in [2.75, 3.05) is 11.9 Å². The Kier molecular flexibility index (Phi) is 4.66. The fourth-order valence-electron chi connectivity index (χ4n) is 3.75. The molecule has 1 fully saturated rings. The topological polar surface area (TPSA) is 81.2 Å². The van der Waals surface area contributed by atoms with Crippen LogP contribution in [0.3, 0.4) is 0 Å². The number of hydrogen-bond acceptors (Lipinski definition) is 5. The van der Waals surface area contributed by atoms with Gasteiger partial charge < -0.3 is 9.42 Å². The Morgan fingerprint density at radius 2 is 1.97 bits per heavy atom. The molecule has 5 rings (SSSR count). The number of amides is 1. The summed E-state index contributed by atoms with van der Waals surface area (Å²) in [4.78, 5) is 32.1. The summed E-state index contributed by atoms with van der Waals surface area (Å²) in [6.07, 6.45) is 2.13. The monoisotopic (exact) mass is 414 g/mol. The fraction of sp³-hybridized carbons (Fsp3) is 0.250. The number of aryl methyl sites for hydroxylation is 1. The molecule has 31 heavy (non-hydrogen) atoms. The van der Waals surface area contributed by atoms with Crippen LogP contribution in [-0.2, 0) is 11.3 Å². The molecule has 0 unspecified atom stereocenters. The van der Waals surface area contributed by atoms with Gasteiger partial charge in [-0.25, -0.2) is 0 Å². The Hall–Kier alpha value is -3.74. The van der Waals surface area contributed by atoms with Crippen LogP contribution in [0.2, 0.25) is 0 Å². The second kappa shape index (κ2) is 7.50. The Morgan fingerprint density at radius 3 is 2.74 bits per heavy atom. The fourth-order valence-corrected chi connectivity index (χ4v) is 3.75. The van der Waals surface area contributed by atoms with Crippen LogP contribution in [0.1, 0.15) is 30.1 Å². The minimum Gasteiger partial charge on any atom is -0.334 e. The molecule has 0 atom stereocenters. The molecule has 7 heteroatoms. The van der Waals surface area contributed by atoms with Crippen LogP contribution in [0.4, 0.5) is 5.69 Å². The lowest BCUT2D eigenvalue weighted by Gasteiger charge is -2.19. The van der Waals surface area contributed by atoms with E-state index in [1.807, 2.05) is 55.5 Å². The predicted molar refractivity (Wildman–Crippen MR) is 118 cm³/mol. The molecule has 0 N–H and O–H groups in total. The zero-order valence-corrected chi connectivity index (χ0v) is 17.4. The molecule has 1 amide bonds. The molecule has 1 aliphatic carbocycles. The summed E-state index contributed by atoms with van der Waals surface area (Å²) in [6, 6.07) is 16.6. The van der Waals surface area contributed by atoms with Crippen LogP contribution in [0, 0.1) is 6.92 Å². The second-order valence-electron chi connectivity index (χ2n) is 8.02. The summed E-state index contributed by atoms with van der Waals surface area (Å²) in [5, 5.41) is 4.86. The Balaban J connectivity index is 1.53. The maximum atomic E-state index is 13.0. The number of fused-ring (bicyclic) bond motifs is 1. The van der Waals surface area contributed by atoms with Crippen molar-refractivity contribution in [3.8, 4) is 11.5 Å². The molecular weight excluding hydrogens is 392 g/mol. The Morgan fingerprint density at radius 1 is 1.16 bits per heavy atom. The molecule has 7 nitrogen and oxygen atoms in total. The van der Waals surface area contributed by atoms with Crippen molar-refractivity contribution in [2.45, 2.75) is 32.2 Å². The van der Waals surface area contributed by atoms with Gasteiger partial charge in [0.25, 0.3) is 11.4 Å². The summed E-state index contributed by atoms with van der Waals surface area (Å²) in [6.45, 7) is 1.91. The smallest absolute Gasteiger partial charge is 0.258 e. The highest BCUT2D eigenvalue weighted by Gasteiger charge is 2.29. The van der Waals surface area contributed by atoms with E-state index in [1.165, 1.54) is 10.6 Å². The third kappa shape index (κ3) is 3.63. The van der Waals surface area contributed by atoms with E-state index in [0.717, 1.165) is 29.5 Å². The molecule has 1 aliphatic rings. The number of likely N-dealkylation sites (N-methyl/N-ethyl adjacent to an activating group) is 1. The molecule has 1 saturated carbocycles. The highest BCUT2D eigenvalue weighted by molar-refractivity contribution is 5.96. The number of anilines is 1. The molecule has 2 heterocycles. The molecule has 2 aromatic heterocycles. The summed E-state index contributed by atoms with van der Waals surface area (Å²) in [5.74, 6) is 1.21. The molecule has 0 spiro atoms. The van der Waals surface area contributed by atoms with E-state index in [2.05, 4.69) is 10.1 Å². The van der Waals surface area contributed by atoms with Crippen LogP contribution in [-0.4, -0.2) is 27.7 Å². The molecular formula is C24H22N4O3. The number of nitrogens with zero attached hydrogens (tertiary/aromatic N) is 4. The van der Waals surface area contributed by atoms with E-state index in [4.69, 9.17) is 4.52 Å². The highest BCUT2D eigenvalue weighted by atomic mass is 16.5. The molecule has 0 saturated heterocycles. The van der Waals surface area contributed by atoms with Gasteiger partial charge in [-0.15, -0.1) is 0 Å². The van der Waals surface area contributed by atoms with E-state index in [1.54, 1.807) is 11.9 Å². The van der Waals surface area contributed by atoms with Gasteiger partial charge in [0.2, 0.25) is 5.91 Å². The first kappa shape index (κ1) is 19.2. The third-order valence-corrected chi connectivity index (χ3v) is 5.69. The van der Waals surface area contributed by atoms with Gasteiger partial charge in [0.05, 0.1) is 11.1 Å². The highest BCUT2D eigenvalue weighted by Crippen LogP contribution is 2.39. The summed E-state index contributed by atoms with van der Waals surface area (Å²) in [5.41, 5.74) is 2.82. The molecule has 0 bridgehead atoms. The molecule has 2 aromatic carbocycles. The minimum atomic E-state index is -0.286. The summed E-state index contributed by atoms with van der Waals surface area (Å²) in [7, 11) is 1.72. The average molecular weight is 414 g/mol. The average Bonchev–Trinajstić information content (AvgIpc) is 3.51. The van der Waals surface area contributed by atoms with Crippen molar-refractivity contribution in [2.24, 2.45) is 0 Å².